The molecule has 17 nitrogen and oxygen atoms in total. The molecule has 0 saturated carbocycles. The van der Waals surface area contributed by atoms with Crippen LogP contribution in [0.4, 0.5) is 0 Å². The molecular formula is C67H130O17P2. The van der Waals surface area contributed by atoms with Crippen LogP contribution in [0.1, 0.15) is 325 Å². The first-order valence-corrected chi connectivity index (χ1v) is 37.7. The van der Waals surface area contributed by atoms with E-state index in [9.17, 15) is 43.2 Å². The number of aliphatic hydroxyl groups excluding tert-OH is 1. The van der Waals surface area contributed by atoms with Gasteiger partial charge in [-0.15, -0.1) is 0 Å². The number of hydrogen-bond acceptors (Lipinski definition) is 15. The highest BCUT2D eigenvalue weighted by molar-refractivity contribution is 7.47. The van der Waals surface area contributed by atoms with Gasteiger partial charge in [0, 0.05) is 25.7 Å². The van der Waals surface area contributed by atoms with Crippen LogP contribution in [-0.2, 0) is 65.4 Å². The lowest BCUT2D eigenvalue weighted by Crippen LogP contribution is -2.30. The third kappa shape index (κ3) is 59.7. The molecule has 0 saturated heterocycles. The third-order valence-corrected chi connectivity index (χ3v) is 17.6. The Labute approximate surface area is 524 Å². The molecule has 0 radical (unpaired) electrons. The summed E-state index contributed by atoms with van der Waals surface area (Å²) < 4.78 is 68.1. The van der Waals surface area contributed by atoms with Crippen molar-refractivity contribution in [1.82, 2.24) is 0 Å². The topological polar surface area (TPSA) is 237 Å². The molecule has 510 valence electrons. The Balaban J connectivity index is 5.23. The normalized spacial score (nSPS) is 14.7. The van der Waals surface area contributed by atoms with Crippen LogP contribution in [0.25, 0.3) is 0 Å². The Morgan fingerprint density at radius 3 is 0.826 bits per heavy atom. The van der Waals surface area contributed by atoms with E-state index in [-0.39, 0.29) is 25.7 Å². The van der Waals surface area contributed by atoms with Crippen molar-refractivity contribution in [1.29, 1.82) is 0 Å². The Bertz CT molecular complexity index is 1720. The Hall–Kier alpha value is -1.94. The van der Waals surface area contributed by atoms with Gasteiger partial charge in [-0.05, 0) is 49.4 Å². The zero-order chi connectivity index (χ0) is 63.9. The number of aliphatic hydroxyl groups is 1. The highest BCUT2D eigenvalue weighted by atomic mass is 31.2. The van der Waals surface area contributed by atoms with Crippen LogP contribution in [0.5, 0.6) is 0 Å². The largest absolute Gasteiger partial charge is 0.472 e. The standard InChI is InChI=1S/C67H130O17P2/c1-9-60(8)46-38-30-21-16-17-23-33-41-49-66(71)83-63(54-78-65(70)48-40-32-26-25-29-37-45-59(6)7)56-82-86(75,76)80-52-61(68)51-79-85(73,74)81-55-62(84-67(72)50-42-34-24-18-20-28-36-44-58(4)5)53-77-64(69)47-39-31-22-15-13-11-10-12-14-19-27-35-43-57(2)3/h57-63,68H,9-56H2,1-8H3,(H,73,74)(H,75,76)/t60?,61-,62-,63-/m1/s1. The van der Waals surface area contributed by atoms with Crippen molar-refractivity contribution in [2.45, 2.75) is 343 Å². The second-order valence-corrected chi connectivity index (χ2v) is 28.8. The van der Waals surface area contributed by atoms with Crippen LogP contribution in [-0.4, -0.2) is 96.7 Å². The summed E-state index contributed by atoms with van der Waals surface area (Å²) in [7, 11) is -9.89. The molecule has 0 aromatic rings. The van der Waals surface area contributed by atoms with E-state index >= 15 is 0 Å². The molecule has 0 spiro atoms. The van der Waals surface area contributed by atoms with Gasteiger partial charge in [0.15, 0.2) is 12.2 Å². The number of unbranched alkanes of at least 4 members (excludes halogenated alkanes) is 29. The van der Waals surface area contributed by atoms with Gasteiger partial charge >= 0.3 is 39.5 Å². The molecule has 0 aliphatic carbocycles. The molecule has 0 aromatic carbocycles. The molecule has 3 unspecified atom stereocenters. The average Bonchev–Trinajstić information content (AvgIpc) is 3.55. The minimum atomic E-state index is -4.95. The average molecular weight is 1270 g/mol. The summed E-state index contributed by atoms with van der Waals surface area (Å²) in [5.74, 6) is 0.788. The van der Waals surface area contributed by atoms with Crippen LogP contribution < -0.4 is 0 Å². The van der Waals surface area contributed by atoms with Crippen LogP contribution >= 0.6 is 15.6 Å². The van der Waals surface area contributed by atoms with E-state index in [4.69, 9.17) is 37.0 Å². The van der Waals surface area contributed by atoms with Crippen molar-refractivity contribution < 1.29 is 80.2 Å². The number of ether oxygens (including phenoxy) is 4. The van der Waals surface area contributed by atoms with Crippen LogP contribution in [0, 0.1) is 23.7 Å². The molecule has 86 heavy (non-hydrogen) atoms. The zero-order valence-electron chi connectivity index (χ0n) is 55.9. The van der Waals surface area contributed by atoms with Gasteiger partial charge in [0.25, 0.3) is 0 Å². The number of carbonyl (C=O) groups is 4. The predicted molar refractivity (Wildman–Crippen MR) is 344 cm³/mol. The summed E-state index contributed by atoms with van der Waals surface area (Å²) in [6.45, 7) is 14.0. The van der Waals surface area contributed by atoms with E-state index in [1.807, 2.05) is 0 Å². The van der Waals surface area contributed by atoms with E-state index in [0.29, 0.717) is 37.5 Å². The Kier molecular flexibility index (Phi) is 55.7. The zero-order valence-corrected chi connectivity index (χ0v) is 57.7. The van der Waals surface area contributed by atoms with Crippen molar-refractivity contribution in [2.24, 2.45) is 23.7 Å². The third-order valence-electron chi connectivity index (χ3n) is 15.7. The Morgan fingerprint density at radius 1 is 0.326 bits per heavy atom. The molecule has 6 atom stereocenters. The van der Waals surface area contributed by atoms with Crippen molar-refractivity contribution in [3.05, 3.63) is 0 Å². The SMILES string of the molecule is CCC(C)CCCCCCCCCCC(=O)O[C@H](COC(=O)CCCCCCCCC(C)C)COP(=O)(O)OC[C@H](O)COP(=O)(O)OC[C@@H](COC(=O)CCCCCCCCCCCCCCC(C)C)OC(=O)CCCCCCCCCC(C)C. The summed E-state index contributed by atoms with van der Waals surface area (Å²) in [5, 5.41) is 10.6. The molecule has 0 heterocycles. The molecule has 0 bridgehead atoms. The van der Waals surface area contributed by atoms with Gasteiger partial charge in [-0.3, -0.25) is 37.3 Å². The summed E-state index contributed by atoms with van der Waals surface area (Å²) in [6.07, 6.45) is 37.8. The van der Waals surface area contributed by atoms with E-state index in [0.717, 1.165) is 108 Å². The lowest BCUT2D eigenvalue weighted by molar-refractivity contribution is -0.161. The summed E-state index contributed by atoms with van der Waals surface area (Å²) in [4.78, 5) is 72.3. The second kappa shape index (κ2) is 57.0. The molecule has 0 aromatic heterocycles. The summed E-state index contributed by atoms with van der Waals surface area (Å²) in [5.41, 5.74) is 0. The molecule has 0 amide bonds. The predicted octanol–water partition coefficient (Wildman–Crippen LogP) is 18.5. The molecule has 3 N–H and O–H groups in total. The van der Waals surface area contributed by atoms with Crippen molar-refractivity contribution >= 4 is 39.5 Å². The van der Waals surface area contributed by atoms with Crippen LogP contribution in [0.15, 0.2) is 0 Å². The minimum absolute atomic E-state index is 0.103. The maximum atomic E-state index is 13.0. The fraction of sp³-hybridized carbons (Fsp3) is 0.940. The molecule has 0 rings (SSSR count). The van der Waals surface area contributed by atoms with Crippen molar-refractivity contribution in [2.75, 3.05) is 39.6 Å². The maximum absolute atomic E-state index is 13.0. The molecule has 0 aliphatic rings. The van der Waals surface area contributed by atoms with Crippen LogP contribution in [0.2, 0.25) is 0 Å². The monoisotopic (exact) mass is 1270 g/mol. The number of hydrogen-bond donors (Lipinski definition) is 3. The lowest BCUT2D eigenvalue weighted by Gasteiger charge is -2.21. The van der Waals surface area contributed by atoms with E-state index in [1.54, 1.807) is 0 Å². The first kappa shape index (κ1) is 84.1. The maximum Gasteiger partial charge on any atom is 0.472 e. The van der Waals surface area contributed by atoms with Gasteiger partial charge in [0.2, 0.25) is 0 Å². The number of rotatable bonds is 64. The lowest BCUT2D eigenvalue weighted by atomic mass is 9.99. The first-order valence-electron chi connectivity index (χ1n) is 34.7. The fourth-order valence-corrected chi connectivity index (χ4v) is 11.5. The first-order chi connectivity index (χ1) is 41.1. The smallest absolute Gasteiger partial charge is 0.462 e. The number of phosphoric acid groups is 2. The highest BCUT2D eigenvalue weighted by Gasteiger charge is 2.30. The van der Waals surface area contributed by atoms with Gasteiger partial charge in [-0.25, -0.2) is 9.13 Å². The molecular weight excluding hydrogens is 1140 g/mol. The molecule has 19 heteroatoms. The van der Waals surface area contributed by atoms with E-state index in [1.165, 1.54) is 122 Å². The molecule has 0 aliphatic heterocycles. The van der Waals surface area contributed by atoms with E-state index in [2.05, 4.69) is 55.4 Å². The quantitative estimate of drug-likeness (QED) is 0.0222. The van der Waals surface area contributed by atoms with Gasteiger partial charge in [0.05, 0.1) is 26.4 Å². The van der Waals surface area contributed by atoms with Gasteiger partial charge in [-0.2, -0.15) is 0 Å². The minimum Gasteiger partial charge on any atom is -0.462 e. The second-order valence-electron chi connectivity index (χ2n) is 25.9. The summed E-state index contributed by atoms with van der Waals surface area (Å²) in [6, 6.07) is 0. The number of carbonyl (C=O) groups excluding carboxylic acids is 4. The Morgan fingerprint density at radius 2 is 0.558 bits per heavy atom. The highest BCUT2D eigenvalue weighted by Crippen LogP contribution is 2.45. The number of esters is 4. The van der Waals surface area contributed by atoms with Crippen molar-refractivity contribution in [3.8, 4) is 0 Å². The van der Waals surface area contributed by atoms with E-state index < -0.39 is 97.5 Å². The van der Waals surface area contributed by atoms with Gasteiger partial charge < -0.3 is 33.8 Å². The fourth-order valence-electron chi connectivity index (χ4n) is 9.93. The van der Waals surface area contributed by atoms with Gasteiger partial charge in [-0.1, -0.05) is 274 Å². The number of phosphoric ester groups is 2. The van der Waals surface area contributed by atoms with Crippen LogP contribution in [0.3, 0.4) is 0 Å². The van der Waals surface area contributed by atoms with Gasteiger partial charge in [0.1, 0.15) is 19.3 Å². The summed E-state index contributed by atoms with van der Waals surface area (Å²) >= 11 is 0. The molecule has 0 fully saturated rings. The van der Waals surface area contributed by atoms with Crippen molar-refractivity contribution in [3.63, 3.8) is 0 Å².